The molecular formula is C20H26ClF2N5O2. The topological polar surface area (TPSA) is 72.3 Å². The van der Waals surface area contributed by atoms with Gasteiger partial charge in [-0.1, -0.05) is 11.6 Å². The van der Waals surface area contributed by atoms with Crippen LogP contribution in [0.3, 0.4) is 0 Å². The molecule has 3 rings (SSSR count). The summed E-state index contributed by atoms with van der Waals surface area (Å²) >= 11 is 6.14. The molecule has 0 unspecified atom stereocenters. The van der Waals surface area contributed by atoms with Gasteiger partial charge in [-0.25, -0.2) is 18.6 Å². The van der Waals surface area contributed by atoms with Crippen LogP contribution in [-0.2, 0) is 11.3 Å². The summed E-state index contributed by atoms with van der Waals surface area (Å²) in [5.41, 5.74) is 1.68. The first-order chi connectivity index (χ1) is 14.1. The van der Waals surface area contributed by atoms with Crippen molar-refractivity contribution in [1.29, 1.82) is 0 Å². The number of carbonyl (C=O) groups is 1. The maximum absolute atomic E-state index is 12.7. The van der Waals surface area contributed by atoms with Crippen LogP contribution in [0.2, 0.25) is 5.15 Å². The van der Waals surface area contributed by atoms with Crippen LogP contribution in [0.1, 0.15) is 33.6 Å². The number of ether oxygens (including phenoxy) is 1. The first kappa shape index (κ1) is 22.3. The zero-order valence-corrected chi connectivity index (χ0v) is 18.0. The van der Waals surface area contributed by atoms with Gasteiger partial charge in [0.25, 0.3) is 6.43 Å². The third-order valence-electron chi connectivity index (χ3n) is 4.60. The SMILES string of the molecule is CC(C)(C)OC(=O)N[C@H]1CCCN(c2cc(Cl)ncc2-c2cnn(CC(F)F)c2)C1. The average Bonchev–Trinajstić information content (AvgIpc) is 3.07. The van der Waals surface area contributed by atoms with Gasteiger partial charge in [0.15, 0.2) is 0 Å². The summed E-state index contributed by atoms with van der Waals surface area (Å²) in [6, 6.07) is 1.66. The number of carbonyl (C=O) groups excluding carboxylic acids is 1. The van der Waals surface area contributed by atoms with E-state index < -0.39 is 24.7 Å². The normalized spacial score (nSPS) is 17.3. The molecule has 7 nitrogen and oxygen atoms in total. The zero-order chi connectivity index (χ0) is 21.9. The number of nitrogens with zero attached hydrogens (tertiary/aromatic N) is 4. The van der Waals surface area contributed by atoms with Crippen molar-refractivity contribution in [3.63, 3.8) is 0 Å². The van der Waals surface area contributed by atoms with E-state index in [1.54, 1.807) is 18.5 Å². The molecule has 1 amide bonds. The molecule has 1 fully saturated rings. The minimum Gasteiger partial charge on any atom is -0.444 e. The molecular weight excluding hydrogens is 416 g/mol. The van der Waals surface area contributed by atoms with Gasteiger partial charge in [-0.2, -0.15) is 5.10 Å². The third-order valence-corrected chi connectivity index (χ3v) is 4.81. The molecule has 0 saturated carbocycles. The molecule has 1 aliphatic rings. The first-order valence-corrected chi connectivity index (χ1v) is 10.2. The van der Waals surface area contributed by atoms with E-state index in [2.05, 4.69) is 20.3 Å². The lowest BCUT2D eigenvalue weighted by atomic mass is 10.0. The van der Waals surface area contributed by atoms with Gasteiger partial charge in [0, 0.05) is 48.3 Å². The number of alkyl halides is 2. The van der Waals surface area contributed by atoms with Crippen LogP contribution in [0, 0.1) is 0 Å². The molecule has 0 radical (unpaired) electrons. The predicted octanol–water partition coefficient (Wildman–Crippen LogP) is 4.36. The first-order valence-electron chi connectivity index (χ1n) is 9.82. The van der Waals surface area contributed by atoms with Crippen molar-refractivity contribution < 1.29 is 18.3 Å². The highest BCUT2D eigenvalue weighted by Gasteiger charge is 2.26. The fourth-order valence-electron chi connectivity index (χ4n) is 3.44. The Labute approximate surface area is 179 Å². The number of pyridine rings is 1. The molecule has 1 atom stereocenters. The average molecular weight is 442 g/mol. The molecule has 164 valence electrons. The van der Waals surface area contributed by atoms with Crippen molar-refractivity contribution in [2.75, 3.05) is 18.0 Å². The minimum absolute atomic E-state index is 0.0880. The van der Waals surface area contributed by atoms with E-state index >= 15 is 0 Å². The van der Waals surface area contributed by atoms with Crippen LogP contribution in [0.25, 0.3) is 11.1 Å². The number of anilines is 1. The second-order valence-electron chi connectivity index (χ2n) is 8.30. The lowest BCUT2D eigenvalue weighted by molar-refractivity contribution is 0.0500. The van der Waals surface area contributed by atoms with E-state index in [1.807, 2.05) is 20.8 Å². The van der Waals surface area contributed by atoms with Crippen molar-refractivity contribution in [3.05, 3.63) is 29.8 Å². The Balaban J connectivity index is 1.78. The van der Waals surface area contributed by atoms with E-state index in [4.69, 9.17) is 16.3 Å². The van der Waals surface area contributed by atoms with Crippen LogP contribution >= 0.6 is 11.6 Å². The van der Waals surface area contributed by atoms with Crippen LogP contribution in [0.4, 0.5) is 19.3 Å². The summed E-state index contributed by atoms with van der Waals surface area (Å²) in [5.74, 6) is 0. The summed E-state index contributed by atoms with van der Waals surface area (Å²) < 4.78 is 31.9. The van der Waals surface area contributed by atoms with Gasteiger partial charge in [-0.3, -0.25) is 4.68 Å². The number of rotatable bonds is 5. The van der Waals surface area contributed by atoms with Crippen LogP contribution in [-0.4, -0.2) is 52.0 Å². The number of amides is 1. The maximum Gasteiger partial charge on any atom is 0.407 e. The van der Waals surface area contributed by atoms with E-state index in [9.17, 15) is 13.6 Å². The Morgan fingerprint density at radius 3 is 2.87 bits per heavy atom. The Hall–Kier alpha value is -2.42. The van der Waals surface area contributed by atoms with Gasteiger partial charge >= 0.3 is 6.09 Å². The van der Waals surface area contributed by atoms with Crippen LogP contribution in [0.5, 0.6) is 0 Å². The molecule has 0 aliphatic carbocycles. The van der Waals surface area contributed by atoms with Crippen molar-refractivity contribution >= 4 is 23.4 Å². The number of piperidine rings is 1. The maximum atomic E-state index is 12.7. The largest absolute Gasteiger partial charge is 0.444 e. The van der Waals surface area contributed by atoms with E-state index in [0.29, 0.717) is 17.3 Å². The number of nitrogens with one attached hydrogen (secondary N) is 1. The Morgan fingerprint density at radius 1 is 1.40 bits per heavy atom. The van der Waals surface area contributed by atoms with Crippen molar-refractivity contribution in [1.82, 2.24) is 20.1 Å². The van der Waals surface area contributed by atoms with E-state index in [-0.39, 0.29) is 6.04 Å². The van der Waals surface area contributed by atoms with Gasteiger partial charge in [0.05, 0.1) is 6.20 Å². The van der Waals surface area contributed by atoms with Gasteiger partial charge in [-0.15, -0.1) is 0 Å². The molecule has 10 heteroatoms. The molecule has 2 aromatic heterocycles. The monoisotopic (exact) mass is 441 g/mol. The molecule has 0 spiro atoms. The summed E-state index contributed by atoms with van der Waals surface area (Å²) in [7, 11) is 0. The van der Waals surface area contributed by atoms with Gasteiger partial charge in [-0.05, 0) is 39.7 Å². The standard InChI is InChI=1S/C20H26ClF2N5O2/c1-20(2,3)30-19(29)26-14-5-4-6-27(11-14)16-7-17(21)24-9-15(16)13-8-25-28(10-13)12-18(22)23/h7-10,14,18H,4-6,11-12H2,1-3H3,(H,26,29)/t14-/m0/s1. The number of alkyl carbamates (subject to hydrolysis) is 1. The van der Waals surface area contributed by atoms with E-state index in [0.717, 1.165) is 30.6 Å². The second kappa shape index (κ2) is 9.16. The summed E-state index contributed by atoms with van der Waals surface area (Å²) in [6.45, 7) is 6.32. The quantitative estimate of drug-likeness (QED) is 0.698. The third kappa shape index (κ3) is 6.04. The lowest BCUT2D eigenvalue weighted by Crippen LogP contribution is -2.49. The Kier molecular flexibility index (Phi) is 6.80. The summed E-state index contributed by atoms with van der Waals surface area (Å²) in [5, 5.41) is 7.27. The number of halogens is 3. The Bertz CT molecular complexity index is 884. The van der Waals surface area contributed by atoms with Crippen molar-refractivity contribution in [3.8, 4) is 11.1 Å². The lowest BCUT2D eigenvalue weighted by Gasteiger charge is -2.36. The highest BCUT2D eigenvalue weighted by Crippen LogP contribution is 2.33. The highest BCUT2D eigenvalue weighted by molar-refractivity contribution is 6.29. The highest BCUT2D eigenvalue weighted by atomic mass is 35.5. The van der Waals surface area contributed by atoms with Crippen molar-refractivity contribution in [2.45, 2.75) is 58.2 Å². The summed E-state index contributed by atoms with van der Waals surface area (Å²) in [4.78, 5) is 18.4. The van der Waals surface area contributed by atoms with Gasteiger partial charge in [0.2, 0.25) is 0 Å². The molecule has 0 bridgehead atoms. The minimum atomic E-state index is -2.48. The smallest absolute Gasteiger partial charge is 0.407 e. The molecule has 2 aromatic rings. The Morgan fingerprint density at radius 2 is 2.17 bits per heavy atom. The molecule has 0 aromatic carbocycles. The van der Waals surface area contributed by atoms with E-state index in [1.165, 1.54) is 10.9 Å². The number of hydrogen-bond acceptors (Lipinski definition) is 5. The predicted molar refractivity (Wildman–Crippen MR) is 111 cm³/mol. The fourth-order valence-corrected chi connectivity index (χ4v) is 3.59. The van der Waals surface area contributed by atoms with Crippen LogP contribution < -0.4 is 10.2 Å². The molecule has 1 N–H and O–H groups in total. The number of aromatic nitrogens is 3. The fraction of sp³-hybridized carbons (Fsp3) is 0.550. The van der Waals surface area contributed by atoms with Crippen molar-refractivity contribution in [2.24, 2.45) is 0 Å². The molecule has 1 saturated heterocycles. The molecule has 1 aliphatic heterocycles. The zero-order valence-electron chi connectivity index (χ0n) is 17.2. The number of hydrogen-bond donors (Lipinski definition) is 1. The molecule has 3 heterocycles. The second-order valence-corrected chi connectivity index (χ2v) is 8.68. The van der Waals surface area contributed by atoms with Crippen LogP contribution in [0.15, 0.2) is 24.7 Å². The van der Waals surface area contributed by atoms with Gasteiger partial charge in [0.1, 0.15) is 17.3 Å². The summed E-state index contributed by atoms with van der Waals surface area (Å²) in [6.07, 6.45) is 3.49. The van der Waals surface area contributed by atoms with Gasteiger partial charge < -0.3 is 15.0 Å². The molecule has 30 heavy (non-hydrogen) atoms.